The van der Waals surface area contributed by atoms with Crippen molar-refractivity contribution >= 4 is 11.6 Å². The number of aliphatic hydroxyl groups is 1. The van der Waals surface area contributed by atoms with Crippen molar-refractivity contribution in [2.45, 2.75) is 50.3 Å². The number of nitrogens with two attached hydrogens (primary N) is 1. The number of nitrogen functional groups attached to an aromatic ring is 1. The minimum absolute atomic E-state index is 0.0817. The third-order valence-electron chi connectivity index (χ3n) is 6.78. The van der Waals surface area contributed by atoms with Crippen molar-refractivity contribution in [1.82, 2.24) is 15.5 Å². The third-order valence-corrected chi connectivity index (χ3v) is 6.78. The molecule has 0 bridgehead atoms. The van der Waals surface area contributed by atoms with Gasteiger partial charge in [-0.2, -0.15) is 0 Å². The topological polar surface area (TPSA) is 90.6 Å². The molecule has 1 aliphatic heterocycles. The van der Waals surface area contributed by atoms with Crippen LogP contribution in [0.4, 0.5) is 5.69 Å². The number of carbonyl (C=O) groups excluding carboxylic acids is 1. The van der Waals surface area contributed by atoms with E-state index in [1.165, 1.54) is 0 Å². The molecule has 0 atom stereocenters. The molecule has 170 valence electrons. The van der Waals surface area contributed by atoms with E-state index in [4.69, 9.17) is 5.73 Å². The molecule has 1 saturated heterocycles. The van der Waals surface area contributed by atoms with Gasteiger partial charge in [0, 0.05) is 36.1 Å². The summed E-state index contributed by atoms with van der Waals surface area (Å²) in [5.74, 6) is -0.0817. The van der Waals surface area contributed by atoms with E-state index in [-0.39, 0.29) is 5.91 Å². The van der Waals surface area contributed by atoms with E-state index in [0.29, 0.717) is 29.9 Å². The van der Waals surface area contributed by atoms with Gasteiger partial charge in [0.25, 0.3) is 5.91 Å². The zero-order chi connectivity index (χ0) is 22.7. The maximum atomic E-state index is 12.3. The van der Waals surface area contributed by atoms with Crippen molar-refractivity contribution in [3.63, 3.8) is 0 Å². The molecule has 0 radical (unpaired) electrons. The van der Waals surface area contributed by atoms with Gasteiger partial charge in [-0.25, -0.2) is 0 Å². The number of nitrogens with zero attached hydrogens (tertiary/aromatic N) is 1. The fourth-order valence-corrected chi connectivity index (χ4v) is 4.88. The molecule has 5 N–H and O–H groups in total. The number of hydrogen-bond acceptors (Lipinski definition) is 5. The van der Waals surface area contributed by atoms with Crippen LogP contribution in [0, 0.1) is 6.92 Å². The van der Waals surface area contributed by atoms with Crippen molar-refractivity contribution in [2.75, 3.05) is 25.4 Å². The van der Waals surface area contributed by atoms with Gasteiger partial charge in [-0.05, 0) is 62.4 Å². The number of likely N-dealkylation sites (tertiary alicyclic amines) is 1. The molecule has 32 heavy (non-hydrogen) atoms. The molecule has 0 spiro atoms. The number of hydrogen-bond donors (Lipinski definition) is 4. The van der Waals surface area contributed by atoms with Crippen LogP contribution in [-0.4, -0.2) is 47.6 Å². The monoisotopic (exact) mass is 434 g/mol. The summed E-state index contributed by atoms with van der Waals surface area (Å²) in [6, 6.07) is 16.1. The number of nitrogens with one attached hydrogen (secondary N) is 2. The lowest BCUT2D eigenvalue weighted by molar-refractivity contribution is -0.0395. The summed E-state index contributed by atoms with van der Waals surface area (Å²) < 4.78 is 0. The molecule has 1 heterocycles. The number of aryl methyl sites for hydroxylation is 1. The molecular weight excluding hydrogens is 400 g/mol. The highest BCUT2D eigenvalue weighted by Gasteiger charge is 2.40. The maximum absolute atomic E-state index is 12.3. The van der Waals surface area contributed by atoms with Crippen LogP contribution in [0.25, 0.3) is 0 Å². The molecule has 0 unspecified atom stereocenters. The quantitative estimate of drug-likeness (QED) is 0.503. The first kappa shape index (κ1) is 22.4. The average molecular weight is 435 g/mol. The Labute approximate surface area is 190 Å². The Morgan fingerprint density at radius 1 is 1.19 bits per heavy atom. The summed E-state index contributed by atoms with van der Waals surface area (Å²) in [5, 5.41) is 17.5. The number of benzene rings is 2. The second kappa shape index (κ2) is 9.35. The van der Waals surface area contributed by atoms with E-state index in [1.54, 1.807) is 0 Å². The smallest absolute Gasteiger partial charge is 0.251 e. The molecule has 1 amide bonds. The molecule has 0 aromatic heterocycles. The standard InChI is InChI=1S/C26H34N4O2/c1-18-5-3-6-20(13-18)25(31)28-15-19(2)29-23-16-30(17-23)24-9-11-26(32,12-10-24)21-7-4-8-22(27)14-21/h3-8,13-14,23-24,29,32H,2,9-12,15-17,27H2,1H3,(H,28,31). The molecule has 2 fully saturated rings. The van der Waals surface area contributed by atoms with Gasteiger partial charge in [0.05, 0.1) is 18.2 Å². The summed E-state index contributed by atoms with van der Waals surface area (Å²) in [7, 11) is 0. The summed E-state index contributed by atoms with van der Waals surface area (Å²) in [4.78, 5) is 14.8. The Morgan fingerprint density at radius 3 is 2.59 bits per heavy atom. The van der Waals surface area contributed by atoms with Crippen molar-refractivity contribution in [1.29, 1.82) is 0 Å². The predicted octanol–water partition coefficient (Wildman–Crippen LogP) is 2.92. The van der Waals surface area contributed by atoms with Crippen molar-refractivity contribution < 1.29 is 9.90 Å². The van der Waals surface area contributed by atoms with Crippen LogP contribution in [0.5, 0.6) is 0 Å². The molecule has 1 saturated carbocycles. The van der Waals surface area contributed by atoms with Crippen LogP contribution >= 0.6 is 0 Å². The second-order valence-electron chi connectivity index (χ2n) is 9.34. The Morgan fingerprint density at radius 2 is 1.91 bits per heavy atom. The van der Waals surface area contributed by atoms with Crippen LogP contribution in [0.15, 0.2) is 60.8 Å². The van der Waals surface area contributed by atoms with E-state index in [9.17, 15) is 9.90 Å². The van der Waals surface area contributed by atoms with Gasteiger partial charge < -0.3 is 21.5 Å². The van der Waals surface area contributed by atoms with Crippen LogP contribution in [0.3, 0.4) is 0 Å². The molecule has 6 heteroatoms. The van der Waals surface area contributed by atoms with Gasteiger partial charge in [0.2, 0.25) is 0 Å². The van der Waals surface area contributed by atoms with Gasteiger partial charge in [-0.1, -0.05) is 36.4 Å². The highest BCUT2D eigenvalue weighted by Crippen LogP contribution is 2.39. The lowest BCUT2D eigenvalue weighted by atomic mass is 9.76. The zero-order valence-electron chi connectivity index (χ0n) is 18.8. The number of amides is 1. The van der Waals surface area contributed by atoms with E-state index >= 15 is 0 Å². The van der Waals surface area contributed by atoms with E-state index in [2.05, 4.69) is 22.1 Å². The lowest BCUT2D eigenvalue weighted by Crippen LogP contribution is -2.62. The molecule has 2 aromatic carbocycles. The van der Waals surface area contributed by atoms with Crippen molar-refractivity contribution in [3.05, 3.63) is 77.5 Å². The SMILES string of the molecule is C=C(CNC(=O)c1cccc(C)c1)NC1CN(C2CCC(O)(c3cccc(N)c3)CC2)C1. The summed E-state index contributed by atoms with van der Waals surface area (Å²) in [5.41, 5.74) is 9.34. The highest BCUT2D eigenvalue weighted by molar-refractivity contribution is 5.94. The molecule has 2 aromatic rings. The molecular formula is C26H34N4O2. The summed E-state index contributed by atoms with van der Waals surface area (Å²) in [6.45, 7) is 8.39. The summed E-state index contributed by atoms with van der Waals surface area (Å²) >= 11 is 0. The van der Waals surface area contributed by atoms with Crippen LogP contribution in [-0.2, 0) is 5.60 Å². The Hall–Kier alpha value is -2.83. The highest BCUT2D eigenvalue weighted by atomic mass is 16.3. The number of carbonyl (C=O) groups is 1. The van der Waals surface area contributed by atoms with Crippen molar-refractivity contribution in [3.8, 4) is 0 Å². The normalized spacial score (nSPS) is 23.9. The Balaban J connectivity index is 1.17. The van der Waals surface area contributed by atoms with Crippen LogP contribution in [0.1, 0.15) is 47.2 Å². The fraction of sp³-hybridized carbons (Fsp3) is 0.423. The van der Waals surface area contributed by atoms with Gasteiger partial charge in [-0.15, -0.1) is 0 Å². The first-order valence-corrected chi connectivity index (χ1v) is 11.4. The van der Waals surface area contributed by atoms with Crippen LogP contribution < -0.4 is 16.4 Å². The minimum atomic E-state index is -0.766. The second-order valence-corrected chi connectivity index (χ2v) is 9.34. The zero-order valence-corrected chi connectivity index (χ0v) is 18.8. The maximum Gasteiger partial charge on any atom is 0.251 e. The van der Waals surface area contributed by atoms with Crippen LogP contribution in [0.2, 0.25) is 0 Å². The third kappa shape index (κ3) is 5.14. The first-order valence-electron chi connectivity index (χ1n) is 11.4. The number of rotatable bonds is 7. The first-order chi connectivity index (χ1) is 15.3. The lowest BCUT2D eigenvalue weighted by Gasteiger charge is -2.48. The molecule has 4 rings (SSSR count). The van der Waals surface area contributed by atoms with Gasteiger partial charge in [-0.3, -0.25) is 9.69 Å². The van der Waals surface area contributed by atoms with E-state index in [0.717, 1.165) is 55.6 Å². The minimum Gasteiger partial charge on any atom is -0.399 e. The van der Waals surface area contributed by atoms with Crippen molar-refractivity contribution in [2.24, 2.45) is 0 Å². The number of anilines is 1. The van der Waals surface area contributed by atoms with Gasteiger partial charge >= 0.3 is 0 Å². The van der Waals surface area contributed by atoms with E-state index in [1.807, 2.05) is 55.5 Å². The Kier molecular flexibility index (Phi) is 6.53. The fourth-order valence-electron chi connectivity index (χ4n) is 4.88. The average Bonchev–Trinajstić information content (AvgIpc) is 2.75. The predicted molar refractivity (Wildman–Crippen MR) is 128 cm³/mol. The molecule has 6 nitrogen and oxygen atoms in total. The van der Waals surface area contributed by atoms with E-state index < -0.39 is 5.60 Å². The summed E-state index contributed by atoms with van der Waals surface area (Å²) in [6.07, 6.45) is 3.47. The Bertz CT molecular complexity index is 975. The molecule has 2 aliphatic rings. The van der Waals surface area contributed by atoms with Gasteiger partial charge in [0.15, 0.2) is 0 Å². The van der Waals surface area contributed by atoms with Gasteiger partial charge in [0.1, 0.15) is 0 Å². The largest absolute Gasteiger partial charge is 0.399 e. The molecule has 1 aliphatic carbocycles.